The number of aryl methyl sites for hydroxylation is 1. The van der Waals surface area contributed by atoms with E-state index in [4.69, 9.17) is 9.47 Å². The Morgan fingerprint density at radius 1 is 1.10 bits per heavy atom. The molecule has 1 fully saturated rings. The van der Waals surface area contributed by atoms with Crippen LogP contribution in [0.5, 0.6) is 11.5 Å². The molecule has 3 aliphatic heterocycles. The van der Waals surface area contributed by atoms with E-state index in [1.54, 1.807) is 0 Å². The molecular formula is C22H23N3O4. The summed E-state index contributed by atoms with van der Waals surface area (Å²) in [6.45, 7) is 2.38. The van der Waals surface area contributed by atoms with Gasteiger partial charge in [0.25, 0.3) is 5.91 Å². The summed E-state index contributed by atoms with van der Waals surface area (Å²) in [5.74, 6) is 1.64. The molecular weight excluding hydrogens is 370 g/mol. The first-order chi connectivity index (χ1) is 14.2. The summed E-state index contributed by atoms with van der Waals surface area (Å²) < 4.78 is 10.8. The SMILES string of the molecule is O=C1CCc2cc(C(=O)N3CCNC(Cc4ccc5c(c4)OCO5)C3)ccc2N1. The minimum absolute atomic E-state index is 0.0324. The molecule has 0 bridgehead atoms. The fourth-order valence-electron chi connectivity index (χ4n) is 4.20. The lowest BCUT2D eigenvalue weighted by atomic mass is 9.99. The zero-order valence-electron chi connectivity index (χ0n) is 16.1. The summed E-state index contributed by atoms with van der Waals surface area (Å²) in [7, 11) is 0. The van der Waals surface area contributed by atoms with Gasteiger partial charge in [0.1, 0.15) is 0 Å². The number of benzene rings is 2. The van der Waals surface area contributed by atoms with Gasteiger partial charge < -0.3 is 25.0 Å². The highest BCUT2D eigenvalue weighted by Gasteiger charge is 2.26. The van der Waals surface area contributed by atoms with Crippen molar-refractivity contribution < 1.29 is 19.1 Å². The first-order valence-corrected chi connectivity index (χ1v) is 10.00. The highest BCUT2D eigenvalue weighted by atomic mass is 16.7. The molecule has 0 radical (unpaired) electrons. The number of amides is 2. The fourth-order valence-corrected chi connectivity index (χ4v) is 4.20. The summed E-state index contributed by atoms with van der Waals surface area (Å²) in [6, 6.07) is 11.8. The molecule has 3 heterocycles. The minimum atomic E-state index is 0.0324. The van der Waals surface area contributed by atoms with Crippen molar-refractivity contribution in [3.05, 3.63) is 53.1 Å². The van der Waals surface area contributed by atoms with Gasteiger partial charge in [0.05, 0.1) is 0 Å². The number of fused-ring (bicyclic) bond motifs is 2. The lowest BCUT2D eigenvalue weighted by Gasteiger charge is -2.34. The zero-order valence-corrected chi connectivity index (χ0v) is 16.1. The summed E-state index contributed by atoms with van der Waals surface area (Å²) in [4.78, 5) is 26.5. The molecule has 2 N–H and O–H groups in total. The maximum absolute atomic E-state index is 13.1. The topological polar surface area (TPSA) is 79.9 Å². The van der Waals surface area contributed by atoms with E-state index in [0.29, 0.717) is 31.5 Å². The predicted molar refractivity (Wildman–Crippen MR) is 107 cm³/mol. The lowest BCUT2D eigenvalue weighted by molar-refractivity contribution is -0.116. The van der Waals surface area contributed by atoms with Crippen molar-refractivity contribution in [2.24, 2.45) is 0 Å². The van der Waals surface area contributed by atoms with E-state index >= 15 is 0 Å². The Balaban J connectivity index is 1.27. The zero-order chi connectivity index (χ0) is 19.8. The van der Waals surface area contributed by atoms with E-state index in [9.17, 15) is 9.59 Å². The molecule has 150 valence electrons. The van der Waals surface area contributed by atoms with Gasteiger partial charge in [-0.3, -0.25) is 9.59 Å². The van der Waals surface area contributed by atoms with Gasteiger partial charge in [0.2, 0.25) is 12.7 Å². The van der Waals surface area contributed by atoms with Crippen LogP contribution in [0.4, 0.5) is 5.69 Å². The van der Waals surface area contributed by atoms with Crippen LogP contribution in [0.25, 0.3) is 0 Å². The Kier molecular flexibility index (Phi) is 4.60. The Labute approximate surface area is 169 Å². The number of hydrogen-bond acceptors (Lipinski definition) is 5. The molecule has 0 aromatic heterocycles. The molecule has 29 heavy (non-hydrogen) atoms. The molecule has 0 aliphatic carbocycles. The molecule has 1 atom stereocenters. The summed E-state index contributed by atoms with van der Waals surface area (Å²) in [5, 5.41) is 6.38. The van der Waals surface area contributed by atoms with Crippen LogP contribution >= 0.6 is 0 Å². The van der Waals surface area contributed by atoms with Gasteiger partial charge in [0.15, 0.2) is 11.5 Å². The summed E-state index contributed by atoms with van der Waals surface area (Å²) >= 11 is 0. The molecule has 7 nitrogen and oxygen atoms in total. The van der Waals surface area contributed by atoms with Gasteiger partial charge in [0, 0.05) is 43.3 Å². The third kappa shape index (κ3) is 3.65. The van der Waals surface area contributed by atoms with Crippen molar-refractivity contribution in [2.45, 2.75) is 25.3 Å². The number of rotatable bonds is 3. The number of anilines is 1. The Bertz CT molecular complexity index is 975. The van der Waals surface area contributed by atoms with Crippen LogP contribution in [-0.4, -0.2) is 49.2 Å². The number of nitrogens with zero attached hydrogens (tertiary/aromatic N) is 1. The molecule has 0 spiro atoms. The average molecular weight is 393 g/mol. The van der Waals surface area contributed by atoms with Crippen LogP contribution in [0.3, 0.4) is 0 Å². The predicted octanol–water partition coefficient (Wildman–Crippen LogP) is 1.96. The molecule has 2 aromatic rings. The molecule has 3 aliphatic rings. The van der Waals surface area contributed by atoms with Gasteiger partial charge in [-0.2, -0.15) is 0 Å². The normalized spacial score (nSPS) is 20.2. The molecule has 7 heteroatoms. The first-order valence-electron chi connectivity index (χ1n) is 10.00. The van der Waals surface area contributed by atoms with Gasteiger partial charge >= 0.3 is 0 Å². The molecule has 1 saturated heterocycles. The fraction of sp³-hybridized carbons (Fsp3) is 0.364. The van der Waals surface area contributed by atoms with Crippen LogP contribution in [0.2, 0.25) is 0 Å². The molecule has 1 unspecified atom stereocenters. The van der Waals surface area contributed by atoms with Crippen molar-refractivity contribution in [3.8, 4) is 11.5 Å². The lowest BCUT2D eigenvalue weighted by Crippen LogP contribution is -2.53. The van der Waals surface area contributed by atoms with E-state index in [2.05, 4.69) is 10.6 Å². The molecule has 2 amide bonds. The summed E-state index contributed by atoms with van der Waals surface area (Å²) in [6.07, 6.45) is 1.96. The second-order valence-corrected chi connectivity index (χ2v) is 7.71. The van der Waals surface area contributed by atoms with Crippen LogP contribution in [0.15, 0.2) is 36.4 Å². The van der Waals surface area contributed by atoms with Gasteiger partial charge in [-0.15, -0.1) is 0 Å². The maximum atomic E-state index is 13.1. The van der Waals surface area contributed by atoms with Gasteiger partial charge in [-0.1, -0.05) is 6.07 Å². The van der Waals surface area contributed by atoms with Crippen LogP contribution in [-0.2, 0) is 17.6 Å². The minimum Gasteiger partial charge on any atom is -0.454 e. The highest BCUT2D eigenvalue weighted by Crippen LogP contribution is 2.33. The number of carbonyl (C=O) groups is 2. The summed E-state index contributed by atoms with van der Waals surface area (Å²) in [5.41, 5.74) is 3.69. The molecule has 5 rings (SSSR count). The second-order valence-electron chi connectivity index (χ2n) is 7.71. The van der Waals surface area contributed by atoms with E-state index in [0.717, 1.165) is 41.3 Å². The molecule has 0 saturated carbocycles. The monoisotopic (exact) mass is 393 g/mol. The number of piperazine rings is 1. The van der Waals surface area contributed by atoms with Crippen molar-refractivity contribution in [1.29, 1.82) is 0 Å². The van der Waals surface area contributed by atoms with Crippen LogP contribution in [0, 0.1) is 0 Å². The number of carbonyl (C=O) groups excluding carboxylic acids is 2. The quantitative estimate of drug-likeness (QED) is 0.833. The van der Waals surface area contributed by atoms with Crippen molar-refractivity contribution >= 4 is 17.5 Å². The third-order valence-corrected chi connectivity index (χ3v) is 5.71. The smallest absolute Gasteiger partial charge is 0.253 e. The third-order valence-electron chi connectivity index (χ3n) is 5.71. The average Bonchev–Trinajstić information content (AvgIpc) is 3.21. The standard InChI is InChI=1S/C22H23N3O4/c26-21-6-3-15-11-16(2-4-18(15)24-21)22(27)25-8-7-23-17(12-25)9-14-1-5-19-20(10-14)29-13-28-19/h1-2,4-5,10-11,17,23H,3,6-9,12-13H2,(H,24,26). The van der Waals surface area contributed by atoms with Crippen LogP contribution in [0.1, 0.15) is 27.9 Å². The van der Waals surface area contributed by atoms with E-state index in [-0.39, 0.29) is 24.6 Å². The largest absolute Gasteiger partial charge is 0.454 e. The first kappa shape index (κ1) is 18.0. The highest BCUT2D eigenvalue weighted by molar-refractivity contribution is 5.98. The Hall–Kier alpha value is -3.06. The van der Waals surface area contributed by atoms with Gasteiger partial charge in [-0.25, -0.2) is 0 Å². The van der Waals surface area contributed by atoms with Crippen molar-refractivity contribution in [1.82, 2.24) is 10.2 Å². The number of ether oxygens (including phenoxy) is 2. The number of nitrogens with one attached hydrogen (secondary N) is 2. The van der Waals surface area contributed by atoms with E-state index < -0.39 is 0 Å². The van der Waals surface area contributed by atoms with Gasteiger partial charge in [-0.05, 0) is 54.3 Å². The Morgan fingerprint density at radius 2 is 2.00 bits per heavy atom. The maximum Gasteiger partial charge on any atom is 0.253 e. The van der Waals surface area contributed by atoms with Crippen molar-refractivity contribution in [2.75, 3.05) is 31.7 Å². The number of hydrogen-bond donors (Lipinski definition) is 2. The Morgan fingerprint density at radius 3 is 2.93 bits per heavy atom. The van der Waals surface area contributed by atoms with Crippen LogP contribution < -0.4 is 20.1 Å². The molecule has 2 aromatic carbocycles. The second kappa shape index (κ2) is 7.40. The van der Waals surface area contributed by atoms with E-state index in [1.165, 1.54) is 0 Å². The van der Waals surface area contributed by atoms with Crippen molar-refractivity contribution in [3.63, 3.8) is 0 Å². The van der Waals surface area contributed by atoms with E-state index in [1.807, 2.05) is 41.3 Å².